The Balaban J connectivity index is 1.72. The van der Waals surface area contributed by atoms with Crippen LogP contribution < -0.4 is 4.74 Å². The standard InChI is InChI=1S/C16H15NO2/c18-16(11-13-5-1-2-9-17-13)12-4-3-6-15(10-12)19-14-7-8-14/h1-6,9-10,14H,7-8,11H2. The number of aromatic nitrogens is 1. The van der Waals surface area contributed by atoms with E-state index in [-0.39, 0.29) is 5.78 Å². The van der Waals surface area contributed by atoms with Crippen LogP contribution in [0.3, 0.4) is 0 Å². The summed E-state index contributed by atoms with van der Waals surface area (Å²) in [5, 5.41) is 0. The van der Waals surface area contributed by atoms with E-state index in [1.807, 2.05) is 42.5 Å². The van der Waals surface area contributed by atoms with E-state index in [2.05, 4.69) is 4.98 Å². The highest BCUT2D eigenvalue weighted by atomic mass is 16.5. The summed E-state index contributed by atoms with van der Waals surface area (Å²) in [5.41, 5.74) is 1.48. The Morgan fingerprint density at radius 2 is 2.11 bits per heavy atom. The van der Waals surface area contributed by atoms with E-state index >= 15 is 0 Å². The average molecular weight is 253 g/mol. The first-order chi connectivity index (χ1) is 9.31. The van der Waals surface area contributed by atoms with E-state index in [0.29, 0.717) is 18.1 Å². The molecule has 3 heteroatoms. The molecule has 0 bridgehead atoms. The third-order valence-electron chi connectivity index (χ3n) is 3.05. The highest BCUT2D eigenvalue weighted by Gasteiger charge is 2.23. The van der Waals surface area contributed by atoms with Gasteiger partial charge in [-0.25, -0.2) is 0 Å². The summed E-state index contributed by atoms with van der Waals surface area (Å²) in [6.07, 6.45) is 4.61. The van der Waals surface area contributed by atoms with Crippen molar-refractivity contribution in [1.82, 2.24) is 4.98 Å². The van der Waals surface area contributed by atoms with E-state index in [1.54, 1.807) is 6.20 Å². The summed E-state index contributed by atoms with van der Waals surface area (Å²) in [6, 6.07) is 13.0. The molecule has 2 aromatic rings. The number of nitrogens with zero attached hydrogens (tertiary/aromatic N) is 1. The quantitative estimate of drug-likeness (QED) is 0.769. The third-order valence-corrected chi connectivity index (χ3v) is 3.05. The molecule has 0 atom stereocenters. The summed E-state index contributed by atoms with van der Waals surface area (Å²) in [4.78, 5) is 16.3. The fourth-order valence-corrected chi connectivity index (χ4v) is 1.89. The second-order valence-electron chi connectivity index (χ2n) is 4.77. The molecule has 1 fully saturated rings. The maximum Gasteiger partial charge on any atom is 0.168 e. The van der Waals surface area contributed by atoms with Crippen LogP contribution in [0.25, 0.3) is 0 Å². The van der Waals surface area contributed by atoms with E-state index in [1.165, 1.54) is 0 Å². The number of carbonyl (C=O) groups is 1. The summed E-state index contributed by atoms with van der Waals surface area (Å²) in [7, 11) is 0. The van der Waals surface area contributed by atoms with Gasteiger partial charge < -0.3 is 4.74 Å². The van der Waals surface area contributed by atoms with Gasteiger partial charge in [-0.1, -0.05) is 18.2 Å². The lowest BCUT2D eigenvalue weighted by Gasteiger charge is -2.06. The first-order valence-corrected chi connectivity index (χ1v) is 6.51. The number of benzene rings is 1. The summed E-state index contributed by atoms with van der Waals surface area (Å²) in [5.74, 6) is 0.856. The second kappa shape index (κ2) is 5.22. The molecule has 0 aliphatic heterocycles. The van der Waals surface area contributed by atoms with Crippen LogP contribution in [0.2, 0.25) is 0 Å². The highest BCUT2D eigenvalue weighted by Crippen LogP contribution is 2.27. The molecule has 0 unspecified atom stereocenters. The van der Waals surface area contributed by atoms with Crippen molar-refractivity contribution in [1.29, 1.82) is 0 Å². The molecule has 1 aromatic carbocycles. The minimum atomic E-state index is 0.0694. The van der Waals surface area contributed by atoms with Crippen LogP contribution in [0, 0.1) is 0 Å². The Morgan fingerprint density at radius 1 is 1.21 bits per heavy atom. The van der Waals surface area contributed by atoms with Gasteiger partial charge in [-0.3, -0.25) is 9.78 Å². The first-order valence-electron chi connectivity index (χ1n) is 6.51. The van der Waals surface area contributed by atoms with Crippen molar-refractivity contribution in [2.45, 2.75) is 25.4 Å². The minimum absolute atomic E-state index is 0.0694. The molecule has 3 rings (SSSR count). The van der Waals surface area contributed by atoms with Crippen LogP contribution in [0.5, 0.6) is 5.75 Å². The summed E-state index contributed by atoms with van der Waals surface area (Å²) >= 11 is 0. The molecule has 0 N–H and O–H groups in total. The molecular weight excluding hydrogens is 238 g/mol. The van der Waals surface area contributed by atoms with Gasteiger partial charge in [0, 0.05) is 17.5 Å². The lowest BCUT2D eigenvalue weighted by atomic mass is 10.1. The average Bonchev–Trinajstić information content (AvgIpc) is 3.24. The Kier molecular flexibility index (Phi) is 3.27. The molecule has 0 radical (unpaired) electrons. The number of Topliss-reactive ketones (excluding diaryl/α,β-unsaturated/α-hetero) is 1. The molecular formula is C16H15NO2. The SMILES string of the molecule is O=C(Cc1ccccn1)c1cccc(OC2CC2)c1. The lowest BCUT2D eigenvalue weighted by molar-refractivity contribution is 0.0991. The predicted octanol–water partition coefficient (Wildman–Crippen LogP) is 3.05. The van der Waals surface area contributed by atoms with Gasteiger partial charge in [0.2, 0.25) is 0 Å². The summed E-state index contributed by atoms with van der Waals surface area (Å²) in [6.45, 7) is 0. The number of hydrogen-bond donors (Lipinski definition) is 0. The van der Waals surface area contributed by atoms with Crippen molar-refractivity contribution in [2.24, 2.45) is 0 Å². The third kappa shape index (κ3) is 3.19. The maximum absolute atomic E-state index is 12.2. The smallest absolute Gasteiger partial charge is 0.168 e. The number of ether oxygens (including phenoxy) is 1. The number of pyridine rings is 1. The molecule has 1 aliphatic rings. The minimum Gasteiger partial charge on any atom is -0.490 e. The van der Waals surface area contributed by atoms with Gasteiger partial charge in [0.05, 0.1) is 12.5 Å². The largest absolute Gasteiger partial charge is 0.490 e. The first kappa shape index (κ1) is 11.9. The number of hydrogen-bond acceptors (Lipinski definition) is 3. The molecule has 3 nitrogen and oxygen atoms in total. The monoisotopic (exact) mass is 253 g/mol. The van der Waals surface area contributed by atoms with Crippen molar-refractivity contribution >= 4 is 5.78 Å². The Labute approximate surface area is 112 Å². The molecule has 0 spiro atoms. The Bertz CT molecular complexity index is 576. The molecule has 0 amide bonds. The van der Waals surface area contributed by atoms with E-state index in [0.717, 1.165) is 24.3 Å². The van der Waals surface area contributed by atoms with Crippen molar-refractivity contribution < 1.29 is 9.53 Å². The van der Waals surface area contributed by atoms with Crippen molar-refractivity contribution in [3.8, 4) is 5.75 Å². The van der Waals surface area contributed by atoms with Crippen molar-refractivity contribution in [3.63, 3.8) is 0 Å². The second-order valence-corrected chi connectivity index (χ2v) is 4.77. The highest BCUT2D eigenvalue weighted by molar-refractivity contribution is 5.97. The Morgan fingerprint density at radius 3 is 2.84 bits per heavy atom. The van der Waals surface area contributed by atoms with Crippen molar-refractivity contribution in [2.75, 3.05) is 0 Å². The van der Waals surface area contributed by atoms with Crippen LogP contribution >= 0.6 is 0 Å². The van der Waals surface area contributed by atoms with Gasteiger partial charge in [-0.05, 0) is 37.1 Å². The van der Waals surface area contributed by atoms with Crippen LogP contribution in [0.15, 0.2) is 48.7 Å². The van der Waals surface area contributed by atoms with Gasteiger partial charge in [0.15, 0.2) is 5.78 Å². The zero-order valence-electron chi connectivity index (χ0n) is 10.6. The van der Waals surface area contributed by atoms with Crippen LogP contribution in [-0.2, 0) is 6.42 Å². The van der Waals surface area contributed by atoms with Crippen LogP contribution in [0.1, 0.15) is 28.9 Å². The van der Waals surface area contributed by atoms with Crippen LogP contribution in [0.4, 0.5) is 0 Å². The summed E-state index contributed by atoms with van der Waals surface area (Å²) < 4.78 is 5.70. The molecule has 0 saturated heterocycles. The molecule has 1 heterocycles. The van der Waals surface area contributed by atoms with E-state index in [9.17, 15) is 4.79 Å². The van der Waals surface area contributed by atoms with E-state index < -0.39 is 0 Å². The van der Waals surface area contributed by atoms with Crippen LogP contribution in [-0.4, -0.2) is 16.9 Å². The fraction of sp³-hybridized carbons (Fsp3) is 0.250. The van der Waals surface area contributed by atoms with Gasteiger partial charge in [0.25, 0.3) is 0 Å². The zero-order chi connectivity index (χ0) is 13.1. The lowest BCUT2D eigenvalue weighted by Crippen LogP contribution is -2.05. The van der Waals surface area contributed by atoms with Crippen molar-refractivity contribution in [3.05, 3.63) is 59.9 Å². The molecule has 19 heavy (non-hydrogen) atoms. The topological polar surface area (TPSA) is 39.2 Å². The van der Waals surface area contributed by atoms with E-state index in [4.69, 9.17) is 4.74 Å². The number of carbonyl (C=O) groups excluding carboxylic acids is 1. The predicted molar refractivity (Wildman–Crippen MR) is 72.4 cm³/mol. The van der Waals surface area contributed by atoms with Gasteiger partial charge in [-0.2, -0.15) is 0 Å². The Hall–Kier alpha value is -2.16. The normalized spacial score (nSPS) is 14.1. The fourth-order valence-electron chi connectivity index (χ4n) is 1.89. The maximum atomic E-state index is 12.2. The molecule has 1 aromatic heterocycles. The molecule has 96 valence electrons. The number of rotatable bonds is 5. The molecule has 1 aliphatic carbocycles. The van der Waals surface area contributed by atoms with Gasteiger partial charge >= 0.3 is 0 Å². The number of ketones is 1. The molecule has 1 saturated carbocycles. The van der Waals surface area contributed by atoms with Gasteiger partial charge in [0.1, 0.15) is 5.75 Å². The zero-order valence-corrected chi connectivity index (χ0v) is 10.6. The van der Waals surface area contributed by atoms with Gasteiger partial charge in [-0.15, -0.1) is 0 Å².